The number of nitrogens with zero attached hydrogens (tertiary/aromatic N) is 1. The summed E-state index contributed by atoms with van der Waals surface area (Å²) in [6.07, 6.45) is 4.05. The van der Waals surface area contributed by atoms with Crippen molar-refractivity contribution in [2.75, 3.05) is 20.1 Å². The maximum atomic E-state index is 6.22. The van der Waals surface area contributed by atoms with Crippen molar-refractivity contribution in [1.29, 1.82) is 0 Å². The van der Waals surface area contributed by atoms with Crippen LogP contribution < -0.4 is 5.32 Å². The first kappa shape index (κ1) is 14.8. The summed E-state index contributed by atoms with van der Waals surface area (Å²) in [5, 5.41) is 4.50. The molecule has 0 radical (unpaired) electrons. The Kier molecular flexibility index (Phi) is 5.68. The van der Waals surface area contributed by atoms with Crippen LogP contribution in [0.4, 0.5) is 0 Å². The van der Waals surface area contributed by atoms with Crippen LogP contribution in [0.25, 0.3) is 0 Å². The Bertz CT molecular complexity index is 394. The van der Waals surface area contributed by atoms with E-state index >= 15 is 0 Å². The third kappa shape index (κ3) is 4.20. The third-order valence-corrected chi connectivity index (χ3v) is 4.44. The Morgan fingerprint density at radius 1 is 1.32 bits per heavy atom. The van der Waals surface area contributed by atoms with Crippen molar-refractivity contribution in [3.8, 4) is 0 Å². The molecule has 3 heteroatoms. The summed E-state index contributed by atoms with van der Waals surface area (Å²) >= 11 is 6.22. The van der Waals surface area contributed by atoms with E-state index in [0.29, 0.717) is 6.04 Å². The molecule has 1 saturated carbocycles. The number of nitrogens with one attached hydrogen (secondary N) is 1. The van der Waals surface area contributed by atoms with Crippen LogP contribution >= 0.6 is 11.6 Å². The van der Waals surface area contributed by atoms with Gasteiger partial charge in [-0.25, -0.2) is 0 Å². The lowest BCUT2D eigenvalue weighted by atomic mass is 10.0. The first-order valence-electron chi connectivity index (χ1n) is 7.36. The molecule has 2 nitrogen and oxygen atoms in total. The van der Waals surface area contributed by atoms with E-state index in [0.717, 1.165) is 30.6 Å². The smallest absolute Gasteiger partial charge is 0.0451 e. The highest BCUT2D eigenvalue weighted by Crippen LogP contribution is 2.27. The minimum Gasteiger partial charge on any atom is -0.314 e. The Labute approximate surface area is 122 Å². The van der Waals surface area contributed by atoms with Gasteiger partial charge in [-0.1, -0.05) is 43.1 Å². The molecular weight excluding hydrogens is 256 g/mol. The fourth-order valence-corrected chi connectivity index (χ4v) is 3.36. The van der Waals surface area contributed by atoms with E-state index < -0.39 is 0 Å². The van der Waals surface area contributed by atoms with Crippen LogP contribution in [0, 0.1) is 5.92 Å². The Morgan fingerprint density at radius 3 is 2.84 bits per heavy atom. The standard InChI is InChI=1S/C16H25ClN2/c1-3-18-16-10-6-8-14(16)12-19(2)11-13-7-4-5-9-15(13)17/h4-5,7,9,14,16,18H,3,6,8,10-12H2,1-2H3. The van der Waals surface area contributed by atoms with Crippen molar-refractivity contribution in [2.45, 2.75) is 38.8 Å². The molecule has 106 valence electrons. The zero-order valence-corrected chi connectivity index (χ0v) is 12.8. The van der Waals surface area contributed by atoms with Crippen LogP contribution in [0.2, 0.25) is 5.02 Å². The van der Waals surface area contributed by atoms with Crippen molar-refractivity contribution in [3.05, 3.63) is 34.9 Å². The molecule has 0 saturated heterocycles. The lowest BCUT2D eigenvalue weighted by Gasteiger charge is -2.26. The molecule has 2 unspecified atom stereocenters. The van der Waals surface area contributed by atoms with Crippen molar-refractivity contribution in [3.63, 3.8) is 0 Å². The van der Waals surface area contributed by atoms with E-state index in [1.54, 1.807) is 0 Å². The van der Waals surface area contributed by atoms with Gasteiger partial charge in [-0.15, -0.1) is 0 Å². The normalized spacial score (nSPS) is 23.2. The maximum Gasteiger partial charge on any atom is 0.0451 e. The molecule has 0 heterocycles. The van der Waals surface area contributed by atoms with E-state index in [1.807, 2.05) is 12.1 Å². The molecule has 0 amide bonds. The summed E-state index contributed by atoms with van der Waals surface area (Å²) in [6.45, 7) is 5.37. The molecule has 2 rings (SSSR count). The van der Waals surface area contributed by atoms with Gasteiger partial charge in [-0.05, 0) is 44.0 Å². The van der Waals surface area contributed by atoms with Crippen LogP contribution in [0.3, 0.4) is 0 Å². The van der Waals surface area contributed by atoms with Crippen molar-refractivity contribution >= 4 is 11.6 Å². The first-order valence-corrected chi connectivity index (χ1v) is 7.73. The highest BCUT2D eigenvalue weighted by molar-refractivity contribution is 6.31. The summed E-state index contributed by atoms with van der Waals surface area (Å²) < 4.78 is 0. The van der Waals surface area contributed by atoms with Crippen LogP contribution in [-0.4, -0.2) is 31.1 Å². The molecule has 0 bridgehead atoms. The van der Waals surface area contributed by atoms with Crippen molar-refractivity contribution < 1.29 is 0 Å². The number of hydrogen-bond acceptors (Lipinski definition) is 2. The van der Waals surface area contributed by atoms with Gasteiger partial charge in [0, 0.05) is 24.2 Å². The predicted molar refractivity (Wildman–Crippen MR) is 82.6 cm³/mol. The number of halogens is 1. The SMILES string of the molecule is CCNC1CCCC1CN(C)Cc1ccccc1Cl. The van der Waals surface area contributed by atoms with Gasteiger partial charge in [0.05, 0.1) is 0 Å². The fourth-order valence-electron chi connectivity index (χ4n) is 3.17. The summed E-state index contributed by atoms with van der Waals surface area (Å²) in [5.74, 6) is 0.785. The van der Waals surface area contributed by atoms with E-state index in [2.05, 4.69) is 36.3 Å². The van der Waals surface area contributed by atoms with E-state index in [-0.39, 0.29) is 0 Å². The summed E-state index contributed by atoms with van der Waals surface area (Å²) in [4.78, 5) is 2.40. The van der Waals surface area contributed by atoms with Crippen LogP contribution in [0.15, 0.2) is 24.3 Å². The third-order valence-electron chi connectivity index (χ3n) is 4.07. The predicted octanol–water partition coefficient (Wildman–Crippen LogP) is 3.55. The van der Waals surface area contributed by atoms with Crippen molar-refractivity contribution in [1.82, 2.24) is 10.2 Å². The van der Waals surface area contributed by atoms with E-state index in [1.165, 1.54) is 24.8 Å². The second-order valence-electron chi connectivity index (χ2n) is 5.64. The zero-order chi connectivity index (χ0) is 13.7. The molecule has 0 aliphatic heterocycles. The second kappa shape index (κ2) is 7.28. The van der Waals surface area contributed by atoms with E-state index in [4.69, 9.17) is 11.6 Å². The molecule has 1 aromatic carbocycles. The molecular formula is C16H25ClN2. The fraction of sp³-hybridized carbons (Fsp3) is 0.625. The molecule has 1 N–H and O–H groups in total. The molecule has 0 spiro atoms. The first-order chi connectivity index (χ1) is 9.20. The monoisotopic (exact) mass is 280 g/mol. The highest BCUT2D eigenvalue weighted by atomic mass is 35.5. The number of hydrogen-bond donors (Lipinski definition) is 1. The van der Waals surface area contributed by atoms with Gasteiger partial charge in [0.15, 0.2) is 0 Å². The van der Waals surface area contributed by atoms with Gasteiger partial charge in [-0.2, -0.15) is 0 Å². The topological polar surface area (TPSA) is 15.3 Å². The molecule has 19 heavy (non-hydrogen) atoms. The second-order valence-corrected chi connectivity index (χ2v) is 6.05. The highest BCUT2D eigenvalue weighted by Gasteiger charge is 2.27. The quantitative estimate of drug-likeness (QED) is 0.857. The summed E-state index contributed by atoms with van der Waals surface area (Å²) in [7, 11) is 2.20. The number of rotatable bonds is 6. The lowest BCUT2D eigenvalue weighted by molar-refractivity contribution is 0.246. The van der Waals surface area contributed by atoms with Crippen LogP contribution in [0.1, 0.15) is 31.7 Å². The Morgan fingerprint density at radius 2 is 2.11 bits per heavy atom. The summed E-state index contributed by atoms with van der Waals surface area (Å²) in [5.41, 5.74) is 1.23. The average molecular weight is 281 g/mol. The van der Waals surface area contributed by atoms with Gasteiger partial charge in [-0.3, -0.25) is 0 Å². The summed E-state index contributed by atoms with van der Waals surface area (Å²) in [6, 6.07) is 8.85. The van der Waals surface area contributed by atoms with Crippen LogP contribution in [0.5, 0.6) is 0 Å². The lowest BCUT2D eigenvalue weighted by Crippen LogP contribution is -2.38. The Hall–Kier alpha value is -0.570. The van der Waals surface area contributed by atoms with Gasteiger partial charge in [0.1, 0.15) is 0 Å². The molecule has 1 aliphatic rings. The van der Waals surface area contributed by atoms with Gasteiger partial charge >= 0.3 is 0 Å². The minimum atomic E-state index is 0.707. The average Bonchev–Trinajstić information content (AvgIpc) is 2.80. The molecule has 2 atom stereocenters. The van der Waals surface area contributed by atoms with E-state index in [9.17, 15) is 0 Å². The molecule has 1 aromatic rings. The molecule has 1 aliphatic carbocycles. The maximum absolute atomic E-state index is 6.22. The van der Waals surface area contributed by atoms with Crippen LogP contribution in [-0.2, 0) is 6.54 Å². The van der Waals surface area contributed by atoms with Crippen molar-refractivity contribution in [2.24, 2.45) is 5.92 Å². The largest absolute Gasteiger partial charge is 0.314 e. The van der Waals surface area contributed by atoms with Gasteiger partial charge < -0.3 is 10.2 Å². The molecule has 1 fully saturated rings. The Balaban J connectivity index is 1.87. The van der Waals surface area contributed by atoms with Gasteiger partial charge in [0.25, 0.3) is 0 Å². The minimum absolute atomic E-state index is 0.707. The van der Waals surface area contributed by atoms with Gasteiger partial charge in [0.2, 0.25) is 0 Å². The zero-order valence-electron chi connectivity index (χ0n) is 12.0. The molecule has 0 aromatic heterocycles. The number of benzene rings is 1.